The molecule has 8 nitrogen and oxygen atoms in total. The molecule has 3 aromatic rings. The highest BCUT2D eigenvalue weighted by Crippen LogP contribution is 2.36. The number of hydrogen-bond acceptors (Lipinski definition) is 6. The van der Waals surface area contributed by atoms with Crippen molar-refractivity contribution in [2.75, 3.05) is 17.7 Å². The molecule has 1 fully saturated rings. The van der Waals surface area contributed by atoms with Gasteiger partial charge in [0.2, 0.25) is 0 Å². The Balaban J connectivity index is 1.57. The molecule has 0 spiro atoms. The standard InChI is InChI=1S/C26H27N3O5S/c1-14-11-15(2)22(16(3)12-14)28-26(32)27-20-13-21(17-7-9-19(33-4)10-8-17)35-23(20)24(30)29-34-25(31)18-5-6-18/h7-13,18H,5-6H2,1-4H3,(H,29,30)(H2,27,28,32). The maximum Gasteiger partial charge on any atom is 0.335 e. The van der Waals surface area contributed by atoms with E-state index >= 15 is 0 Å². The molecule has 0 radical (unpaired) electrons. The van der Waals surface area contributed by atoms with E-state index in [0.717, 1.165) is 40.0 Å². The van der Waals surface area contributed by atoms with Gasteiger partial charge in [-0.2, -0.15) is 5.48 Å². The smallest absolute Gasteiger partial charge is 0.335 e. The largest absolute Gasteiger partial charge is 0.497 e. The molecule has 0 atom stereocenters. The number of aryl methyl sites for hydroxylation is 3. The number of benzene rings is 2. The molecule has 1 saturated carbocycles. The first-order chi connectivity index (χ1) is 16.7. The molecule has 35 heavy (non-hydrogen) atoms. The second kappa shape index (κ2) is 10.2. The lowest BCUT2D eigenvalue weighted by atomic mass is 10.1. The number of thiophene rings is 1. The summed E-state index contributed by atoms with van der Waals surface area (Å²) in [5, 5.41) is 5.66. The van der Waals surface area contributed by atoms with E-state index in [-0.39, 0.29) is 10.8 Å². The second-order valence-electron chi connectivity index (χ2n) is 8.56. The van der Waals surface area contributed by atoms with Crippen LogP contribution in [0.1, 0.15) is 39.2 Å². The molecule has 1 aliphatic carbocycles. The summed E-state index contributed by atoms with van der Waals surface area (Å²) in [5.74, 6) is -0.515. The molecule has 1 aromatic heterocycles. The van der Waals surface area contributed by atoms with Gasteiger partial charge >= 0.3 is 12.0 Å². The third kappa shape index (κ3) is 5.81. The molecular weight excluding hydrogens is 466 g/mol. The zero-order valence-corrected chi connectivity index (χ0v) is 20.8. The number of carbonyl (C=O) groups is 3. The van der Waals surface area contributed by atoms with Gasteiger partial charge in [0.15, 0.2) is 0 Å². The van der Waals surface area contributed by atoms with E-state index in [1.807, 2.05) is 57.2 Å². The highest BCUT2D eigenvalue weighted by atomic mass is 32.1. The Labute approximate surface area is 207 Å². The first-order valence-corrected chi connectivity index (χ1v) is 12.0. The van der Waals surface area contributed by atoms with Crippen LogP contribution in [0.4, 0.5) is 16.2 Å². The molecule has 4 rings (SSSR count). The number of carbonyl (C=O) groups excluding carboxylic acids is 3. The van der Waals surface area contributed by atoms with Crippen LogP contribution in [-0.4, -0.2) is 25.0 Å². The summed E-state index contributed by atoms with van der Waals surface area (Å²) in [4.78, 5) is 43.5. The van der Waals surface area contributed by atoms with Crippen molar-refractivity contribution in [3.63, 3.8) is 0 Å². The average molecular weight is 494 g/mol. The van der Waals surface area contributed by atoms with Crippen molar-refractivity contribution < 1.29 is 24.0 Å². The first-order valence-electron chi connectivity index (χ1n) is 11.2. The van der Waals surface area contributed by atoms with Crippen LogP contribution in [0.15, 0.2) is 42.5 Å². The lowest BCUT2D eigenvalue weighted by molar-refractivity contribution is -0.150. The summed E-state index contributed by atoms with van der Waals surface area (Å²) in [6, 6.07) is 12.6. The predicted octanol–water partition coefficient (Wildman–Crippen LogP) is 5.59. The summed E-state index contributed by atoms with van der Waals surface area (Å²) >= 11 is 1.18. The molecule has 1 heterocycles. The molecule has 182 valence electrons. The molecule has 0 aliphatic heterocycles. The monoisotopic (exact) mass is 493 g/mol. The zero-order valence-electron chi connectivity index (χ0n) is 20.0. The van der Waals surface area contributed by atoms with E-state index in [1.165, 1.54) is 11.3 Å². The van der Waals surface area contributed by atoms with Crippen molar-refractivity contribution in [3.05, 3.63) is 64.0 Å². The Morgan fingerprint density at radius 2 is 1.60 bits per heavy atom. The quantitative estimate of drug-likeness (QED) is 0.388. The average Bonchev–Trinajstić information content (AvgIpc) is 3.60. The number of methoxy groups -OCH3 is 1. The Hall–Kier alpha value is -3.85. The predicted molar refractivity (Wildman–Crippen MR) is 136 cm³/mol. The van der Waals surface area contributed by atoms with E-state index < -0.39 is 17.9 Å². The van der Waals surface area contributed by atoms with Crippen molar-refractivity contribution in [3.8, 4) is 16.2 Å². The van der Waals surface area contributed by atoms with E-state index in [1.54, 1.807) is 13.2 Å². The zero-order chi connectivity index (χ0) is 25.1. The number of rotatable bonds is 6. The van der Waals surface area contributed by atoms with Gasteiger partial charge in [-0.3, -0.25) is 4.79 Å². The van der Waals surface area contributed by atoms with Crippen molar-refractivity contribution in [1.29, 1.82) is 0 Å². The van der Waals surface area contributed by atoms with Gasteiger partial charge in [0, 0.05) is 10.6 Å². The number of ether oxygens (including phenoxy) is 1. The maximum absolute atomic E-state index is 12.9. The minimum atomic E-state index is -0.609. The Morgan fingerprint density at radius 3 is 2.20 bits per heavy atom. The van der Waals surface area contributed by atoms with Crippen molar-refractivity contribution >= 4 is 40.6 Å². The van der Waals surface area contributed by atoms with Crippen LogP contribution >= 0.6 is 11.3 Å². The van der Waals surface area contributed by atoms with E-state index in [4.69, 9.17) is 9.57 Å². The van der Waals surface area contributed by atoms with Crippen LogP contribution in [-0.2, 0) is 9.63 Å². The van der Waals surface area contributed by atoms with Crippen molar-refractivity contribution in [1.82, 2.24) is 5.48 Å². The number of hydrogen-bond donors (Lipinski definition) is 3. The number of anilines is 2. The first kappa shape index (κ1) is 24.3. The lowest BCUT2D eigenvalue weighted by Gasteiger charge is -2.14. The van der Waals surface area contributed by atoms with Crippen LogP contribution in [0.2, 0.25) is 0 Å². The van der Waals surface area contributed by atoms with Crippen LogP contribution in [0.25, 0.3) is 10.4 Å². The Bertz CT molecular complexity index is 1260. The Kier molecular flexibility index (Phi) is 7.07. The molecule has 1 aliphatic rings. The minimum absolute atomic E-state index is 0.155. The molecule has 2 aromatic carbocycles. The molecule has 9 heteroatoms. The summed E-state index contributed by atoms with van der Waals surface area (Å²) in [5.41, 5.74) is 7.06. The van der Waals surface area contributed by atoms with Crippen molar-refractivity contribution in [2.24, 2.45) is 5.92 Å². The molecular formula is C26H27N3O5S. The van der Waals surface area contributed by atoms with Gasteiger partial charge in [0.25, 0.3) is 5.91 Å². The van der Waals surface area contributed by atoms with E-state index in [0.29, 0.717) is 17.1 Å². The highest BCUT2D eigenvalue weighted by molar-refractivity contribution is 7.18. The van der Waals surface area contributed by atoms with Gasteiger partial charge in [-0.1, -0.05) is 17.7 Å². The van der Waals surface area contributed by atoms with Crippen molar-refractivity contribution in [2.45, 2.75) is 33.6 Å². The van der Waals surface area contributed by atoms with Gasteiger partial charge in [-0.25, -0.2) is 9.59 Å². The molecule has 3 N–H and O–H groups in total. The van der Waals surface area contributed by atoms with Gasteiger partial charge in [0.05, 0.1) is 18.7 Å². The molecule has 0 saturated heterocycles. The molecule has 0 bridgehead atoms. The number of nitrogens with one attached hydrogen (secondary N) is 3. The summed E-state index contributed by atoms with van der Waals surface area (Å²) in [6.45, 7) is 5.85. The van der Waals surface area contributed by atoms with Gasteiger partial charge in [-0.15, -0.1) is 11.3 Å². The van der Waals surface area contributed by atoms with Gasteiger partial charge < -0.3 is 20.2 Å². The third-order valence-electron chi connectivity index (χ3n) is 5.63. The van der Waals surface area contributed by atoms with Gasteiger partial charge in [-0.05, 0) is 80.6 Å². The summed E-state index contributed by atoms with van der Waals surface area (Å²) in [7, 11) is 1.59. The number of hydroxylamine groups is 1. The molecule has 0 unspecified atom stereocenters. The third-order valence-corrected chi connectivity index (χ3v) is 6.81. The van der Waals surface area contributed by atoms with Crippen LogP contribution < -0.4 is 20.9 Å². The lowest BCUT2D eigenvalue weighted by Crippen LogP contribution is -2.28. The summed E-state index contributed by atoms with van der Waals surface area (Å²) < 4.78 is 5.21. The maximum atomic E-state index is 12.9. The molecule has 3 amide bonds. The number of urea groups is 1. The number of amides is 3. The SMILES string of the molecule is COc1ccc(-c2cc(NC(=O)Nc3c(C)cc(C)cc3C)c(C(=O)NOC(=O)C3CC3)s2)cc1. The minimum Gasteiger partial charge on any atom is -0.497 e. The van der Waals surface area contributed by atoms with Crippen LogP contribution in [0.5, 0.6) is 5.75 Å². The highest BCUT2D eigenvalue weighted by Gasteiger charge is 2.32. The fourth-order valence-corrected chi connectivity index (χ4v) is 4.74. The van der Waals surface area contributed by atoms with E-state index in [9.17, 15) is 14.4 Å². The normalized spacial score (nSPS) is 12.6. The summed E-state index contributed by atoms with van der Waals surface area (Å²) in [6.07, 6.45) is 1.53. The van der Waals surface area contributed by atoms with Crippen LogP contribution in [0.3, 0.4) is 0 Å². The van der Waals surface area contributed by atoms with Gasteiger partial charge in [0.1, 0.15) is 10.6 Å². The second-order valence-corrected chi connectivity index (χ2v) is 9.61. The fourth-order valence-electron chi connectivity index (χ4n) is 3.74. The Morgan fingerprint density at radius 1 is 0.943 bits per heavy atom. The fraction of sp³-hybridized carbons (Fsp3) is 0.269. The topological polar surface area (TPSA) is 106 Å². The van der Waals surface area contributed by atoms with Crippen LogP contribution in [0, 0.1) is 26.7 Å². The van der Waals surface area contributed by atoms with E-state index in [2.05, 4.69) is 16.1 Å².